The maximum absolute atomic E-state index is 9.63. The van der Waals surface area contributed by atoms with Gasteiger partial charge < -0.3 is 26.6 Å². The molecule has 0 saturated carbocycles. The molecule has 0 rings (SSSR count). The van der Waals surface area contributed by atoms with E-state index in [1.54, 1.807) is 0 Å². The summed E-state index contributed by atoms with van der Waals surface area (Å²) in [7, 11) is 4.23. The number of hydrogen-bond acceptors (Lipinski definition) is 1. The Kier molecular flexibility index (Phi) is 17.2. The van der Waals surface area contributed by atoms with Gasteiger partial charge in [0.25, 0.3) is 0 Å². The van der Waals surface area contributed by atoms with Crippen LogP contribution < -0.4 is 17.0 Å². The van der Waals surface area contributed by atoms with Crippen LogP contribution in [0.4, 0.5) is 0 Å². The van der Waals surface area contributed by atoms with E-state index in [0.29, 0.717) is 0 Å². The topological polar surface area (TPSA) is 20.2 Å². The number of nitrogens with zero attached hydrogens (tertiary/aromatic N) is 1. The molecule has 0 aliphatic heterocycles. The molecule has 0 amide bonds. The average molecular weight is 366 g/mol. The van der Waals surface area contributed by atoms with Crippen molar-refractivity contribution in [2.45, 2.75) is 97.1 Å². The van der Waals surface area contributed by atoms with Crippen LogP contribution in [-0.4, -0.2) is 36.5 Å². The summed E-state index contributed by atoms with van der Waals surface area (Å²) in [5.74, 6) is 0. The second-order valence-corrected chi connectivity index (χ2v) is 7.02. The Labute approximate surface area is 144 Å². The van der Waals surface area contributed by atoms with Crippen LogP contribution in [0.3, 0.4) is 0 Å². The molecule has 2 nitrogen and oxygen atoms in total. The maximum atomic E-state index is 9.63. The van der Waals surface area contributed by atoms with E-state index in [1.165, 1.54) is 77.0 Å². The molecule has 1 N–H and O–H groups in total. The Morgan fingerprint density at radius 3 is 1.38 bits per heavy atom. The van der Waals surface area contributed by atoms with E-state index in [-0.39, 0.29) is 23.2 Å². The molecular formula is C18H40BrNO. The summed E-state index contributed by atoms with van der Waals surface area (Å²) in [6, 6.07) is 0. The number of rotatable bonds is 14. The van der Waals surface area contributed by atoms with Gasteiger partial charge in [-0.3, -0.25) is 0 Å². The number of quaternary nitrogens is 1. The van der Waals surface area contributed by atoms with Gasteiger partial charge in [0.15, 0.2) is 6.23 Å². The van der Waals surface area contributed by atoms with Crippen molar-refractivity contribution in [2.24, 2.45) is 0 Å². The van der Waals surface area contributed by atoms with Crippen LogP contribution in [0.2, 0.25) is 0 Å². The van der Waals surface area contributed by atoms with Crippen LogP contribution >= 0.6 is 0 Å². The molecule has 0 aromatic rings. The lowest BCUT2D eigenvalue weighted by atomic mass is 10.1. The van der Waals surface area contributed by atoms with Crippen molar-refractivity contribution in [3.8, 4) is 0 Å². The second-order valence-electron chi connectivity index (χ2n) is 7.02. The van der Waals surface area contributed by atoms with E-state index in [4.69, 9.17) is 0 Å². The highest BCUT2D eigenvalue weighted by Gasteiger charge is 2.20. The van der Waals surface area contributed by atoms with Crippen LogP contribution in [0.1, 0.15) is 90.9 Å². The molecule has 0 bridgehead atoms. The minimum atomic E-state index is -0.247. The highest BCUT2D eigenvalue weighted by molar-refractivity contribution is 4.48. The predicted molar refractivity (Wildman–Crippen MR) is 89.7 cm³/mol. The Morgan fingerprint density at radius 1 is 0.714 bits per heavy atom. The van der Waals surface area contributed by atoms with Gasteiger partial charge in [0.1, 0.15) is 0 Å². The van der Waals surface area contributed by atoms with E-state index in [0.717, 1.165) is 11.0 Å². The number of aliphatic hydroxyl groups excluding tert-OH is 1. The lowest BCUT2D eigenvalue weighted by molar-refractivity contribution is -0.934. The molecule has 0 aromatic carbocycles. The van der Waals surface area contributed by atoms with Gasteiger partial charge >= 0.3 is 0 Å². The number of halogens is 1. The zero-order valence-electron chi connectivity index (χ0n) is 15.0. The smallest absolute Gasteiger partial charge is 0.187 e. The Morgan fingerprint density at radius 2 is 1.05 bits per heavy atom. The van der Waals surface area contributed by atoms with Crippen LogP contribution in [0.25, 0.3) is 0 Å². The number of aliphatic hydroxyl groups is 1. The largest absolute Gasteiger partial charge is 1.00 e. The number of unbranched alkanes of at least 4 members (excludes halogenated alkanes) is 11. The summed E-state index contributed by atoms with van der Waals surface area (Å²) in [5.41, 5.74) is 0. The van der Waals surface area contributed by atoms with Gasteiger partial charge in [-0.15, -0.1) is 0 Å². The van der Waals surface area contributed by atoms with E-state index in [2.05, 4.69) is 21.0 Å². The van der Waals surface area contributed by atoms with E-state index in [1.807, 2.05) is 6.92 Å². The SMILES string of the molecule is CCCCCCCCCCCCCC[N+](C)(C)C(C)O.[Br-]. The van der Waals surface area contributed by atoms with Gasteiger partial charge in [-0.2, -0.15) is 0 Å². The summed E-state index contributed by atoms with van der Waals surface area (Å²) >= 11 is 0. The third-order valence-electron chi connectivity index (χ3n) is 4.60. The van der Waals surface area contributed by atoms with Gasteiger partial charge in [-0.25, -0.2) is 0 Å². The second kappa shape index (κ2) is 15.3. The number of hydrogen-bond donors (Lipinski definition) is 1. The molecule has 0 aromatic heterocycles. The van der Waals surface area contributed by atoms with Crippen LogP contribution in [0, 0.1) is 0 Å². The lowest BCUT2D eigenvalue weighted by Gasteiger charge is -2.32. The summed E-state index contributed by atoms with van der Waals surface area (Å²) in [4.78, 5) is 0. The highest BCUT2D eigenvalue weighted by atomic mass is 79.9. The molecule has 0 fully saturated rings. The molecule has 0 heterocycles. The summed E-state index contributed by atoms with van der Waals surface area (Å²) in [6.45, 7) is 5.26. The summed E-state index contributed by atoms with van der Waals surface area (Å²) in [5, 5.41) is 9.63. The molecule has 21 heavy (non-hydrogen) atoms. The average Bonchev–Trinajstić information content (AvgIpc) is 2.39. The van der Waals surface area contributed by atoms with Gasteiger partial charge in [0, 0.05) is 6.92 Å². The van der Waals surface area contributed by atoms with Crippen molar-refractivity contribution < 1.29 is 26.6 Å². The minimum absolute atomic E-state index is 0. The van der Waals surface area contributed by atoms with Crippen molar-refractivity contribution in [2.75, 3.05) is 20.6 Å². The first-order chi connectivity index (χ1) is 9.50. The molecule has 3 heteroatoms. The predicted octanol–water partition coefficient (Wildman–Crippen LogP) is 2.11. The van der Waals surface area contributed by atoms with Crippen molar-refractivity contribution in [3.63, 3.8) is 0 Å². The molecule has 0 aliphatic carbocycles. The molecular weight excluding hydrogens is 326 g/mol. The molecule has 1 unspecified atom stereocenters. The maximum Gasteiger partial charge on any atom is 0.187 e. The molecule has 0 spiro atoms. The van der Waals surface area contributed by atoms with Crippen molar-refractivity contribution in [1.82, 2.24) is 0 Å². The quantitative estimate of drug-likeness (QED) is 0.284. The Hall–Kier alpha value is 0.400. The fourth-order valence-electron chi connectivity index (χ4n) is 2.55. The van der Waals surface area contributed by atoms with Crippen LogP contribution in [-0.2, 0) is 0 Å². The van der Waals surface area contributed by atoms with Crippen molar-refractivity contribution in [3.05, 3.63) is 0 Å². The zero-order chi connectivity index (χ0) is 15.3. The summed E-state index contributed by atoms with van der Waals surface area (Å²) < 4.78 is 0.734. The first-order valence-electron chi connectivity index (χ1n) is 9.01. The van der Waals surface area contributed by atoms with Crippen molar-refractivity contribution >= 4 is 0 Å². The Balaban J connectivity index is 0. The standard InChI is InChI=1S/C18H40NO.BrH/c1-5-6-7-8-9-10-11-12-13-14-15-16-17-19(3,4)18(2)20;/h18,20H,5-17H2,1-4H3;1H/q+1;/p-1. The fourth-order valence-corrected chi connectivity index (χ4v) is 2.55. The molecule has 0 saturated heterocycles. The van der Waals surface area contributed by atoms with E-state index in [9.17, 15) is 5.11 Å². The Bertz CT molecular complexity index is 207. The zero-order valence-corrected chi connectivity index (χ0v) is 16.6. The normalized spacial score (nSPS) is 13.0. The van der Waals surface area contributed by atoms with Crippen LogP contribution in [0.5, 0.6) is 0 Å². The first-order valence-corrected chi connectivity index (χ1v) is 9.01. The van der Waals surface area contributed by atoms with Gasteiger partial charge in [0.05, 0.1) is 20.6 Å². The first kappa shape index (κ1) is 23.7. The third-order valence-corrected chi connectivity index (χ3v) is 4.60. The van der Waals surface area contributed by atoms with Crippen LogP contribution in [0.15, 0.2) is 0 Å². The van der Waals surface area contributed by atoms with Gasteiger partial charge in [-0.05, 0) is 12.8 Å². The van der Waals surface area contributed by atoms with Gasteiger partial charge in [0.2, 0.25) is 0 Å². The monoisotopic (exact) mass is 365 g/mol. The van der Waals surface area contributed by atoms with E-state index < -0.39 is 0 Å². The van der Waals surface area contributed by atoms with E-state index >= 15 is 0 Å². The van der Waals surface area contributed by atoms with Gasteiger partial charge in [-0.1, -0.05) is 71.1 Å². The molecule has 1 atom stereocenters. The lowest BCUT2D eigenvalue weighted by Crippen LogP contribution is -3.00. The third kappa shape index (κ3) is 15.1. The molecule has 0 aliphatic rings. The van der Waals surface area contributed by atoms with Crippen molar-refractivity contribution in [1.29, 1.82) is 0 Å². The minimum Gasteiger partial charge on any atom is -1.00 e. The molecule has 0 radical (unpaired) electrons. The summed E-state index contributed by atoms with van der Waals surface area (Å²) in [6.07, 6.45) is 16.5. The molecule has 130 valence electrons. The fraction of sp³-hybridized carbons (Fsp3) is 1.00. The highest BCUT2D eigenvalue weighted by Crippen LogP contribution is 2.13.